The van der Waals surface area contributed by atoms with Gasteiger partial charge in [-0.3, -0.25) is 4.90 Å². The number of amides is 2. The molecule has 2 N–H and O–H groups in total. The second kappa shape index (κ2) is 5.83. The predicted octanol–water partition coefficient (Wildman–Crippen LogP) is 2.40. The van der Waals surface area contributed by atoms with Crippen molar-refractivity contribution in [1.82, 2.24) is 20.5 Å². The fourth-order valence-electron chi connectivity index (χ4n) is 3.06. The number of rotatable bonds is 2. The Labute approximate surface area is 136 Å². The lowest BCUT2D eigenvalue weighted by atomic mass is 9.88. The van der Waals surface area contributed by atoms with E-state index in [1.165, 1.54) is 6.07 Å². The minimum atomic E-state index is -4.51. The lowest BCUT2D eigenvalue weighted by Gasteiger charge is -2.38. The molecule has 1 aromatic rings. The van der Waals surface area contributed by atoms with Crippen LogP contribution in [0.4, 0.5) is 18.0 Å². The number of likely N-dealkylation sites (tertiary alicyclic amines) is 1. The van der Waals surface area contributed by atoms with Gasteiger partial charge >= 0.3 is 12.2 Å². The second-order valence-electron chi connectivity index (χ2n) is 6.05. The second-order valence-corrected chi connectivity index (χ2v) is 6.43. The Morgan fingerprint density at radius 3 is 2.57 bits per heavy atom. The monoisotopic (exact) mass is 348 g/mol. The summed E-state index contributed by atoms with van der Waals surface area (Å²) in [4.78, 5) is 16.7. The molecule has 23 heavy (non-hydrogen) atoms. The minimum absolute atomic E-state index is 0.157. The van der Waals surface area contributed by atoms with E-state index in [4.69, 9.17) is 11.6 Å². The van der Waals surface area contributed by atoms with Crippen LogP contribution in [-0.2, 0) is 12.7 Å². The molecule has 126 valence electrons. The molecule has 0 aliphatic carbocycles. The van der Waals surface area contributed by atoms with E-state index < -0.39 is 11.9 Å². The van der Waals surface area contributed by atoms with Crippen molar-refractivity contribution in [3.05, 3.63) is 28.5 Å². The summed E-state index contributed by atoms with van der Waals surface area (Å²) in [5, 5.41) is 5.54. The summed E-state index contributed by atoms with van der Waals surface area (Å²) in [6, 6.07) is 2.34. The van der Waals surface area contributed by atoms with Crippen molar-refractivity contribution in [2.24, 2.45) is 0 Å². The molecule has 2 aliphatic heterocycles. The molecule has 0 radical (unpaired) electrons. The van der Waals surface area contributed by atoms with Crippen molar-refractivity contribution in [2.45, 2.75) is 31.1 Å². The average molecular weight is 349 g/mol. The number of carbonyl (C=O) groups excluding carboxylic acids is 1. The minimum Gasteiger partial charge on any atom is -0.336 e. The van der Waals surface area contributed by atoms with E-state index >= 15 is 0 Å². The highest BCUT2D eigenvalue weighted by atomic mass is 35.5. The van der Waals surface area contributed by atoms with Crippen molar-refractivity contribution >= 4 is 17.6 Å². The molecule has 0 bridgehead atoms. The lowest BCUT2D eigenvalue weighted by Crippen LogP contribution is -2.52. The van der Waals surface area contributed by atoms with Crippen LogP contribution in [0.3, 0.4) is 0 Å². The van der Waals surface area contributed by atoms with Crippen molar-refractivity contribution in [3.63, 3.8) is 0 Å². The fraction of sp³-hybridized carbons (Fsp3) is 0.571. The summed E-state index contributed by atoms with van der Waals surface area (Å²) >= 11 is 5.70. The van der Waals surface area contributed by atoms with Crippen molar-refractivity contribution < 1.29 is 18.0 Å². The van der Waals surface area contributed by atoms with Crippen LogP contribution >= 0.6 is 11.6 Å². The molecule has 5 nitrogen and oxygen atoms in total. The first-order chi connectivity index (χ1) is 10.8. The van der Waals surface area contributed by atoms with E-state index in [2.05, 4.69) is 20.5 Å². The van der Waals surface area contributed by atoms with Gasteiger partial charge in [-0.15, -0.1) is 0 Å². The molecule has 3 heterocycles. The number of alkyl halides is 3. The number of urea groups is 1. The molecule has 2 saturated heterocycles. The van der Waals surface area contributed by atoms with Gasteiger partial charge in [-0.05, 0) is 30.5 Å². The normalized spacial score (nSPS) is 21.3. The molecule has 0 saturated carbocycles. The lowest BCUT2D eigenvalue weighted by molar-refractivity contribution is -0.141. The summed E-state index contributed by atoms with van der Waals surface area (Å²) in [6.45, 7) is 2.37. The molecule has 1 aromatic heterocycles. The Hall–Kier alpha value is -1.54. The maximum Gasteiger partial charge on any atom is 0.433 e. The third-order valence-corrected chi connectivity index (χ3v) is 4.52. The topological polar surface area (TPSA) is 57.3 Å². The smallest absolute Gasteiger partial charge is 0.336 e. The predicted molar refractivity (Wildman–Crippen MR) is 78.0 cm³/mol. The molecule has 1 spiro atoms. The third-order valence-electron chi connectivity index (χ3n) is 4.33. The van der Waals surface area contributed by atoms with Crippen LogP contribution in [-0.4, -0.2) is 41.1 Å². The Morgan fingerprint density at radius 2 is 2.00 bits per heavy atom. The zero-order valence-electron chi connectivity index (χ0n) is 12.2. The molecular formula is C14H16ClF3N4O. The van der Waals surface area contributed by atoms with Crippen molar-refractivity contribution in [3.8, 4) is 0 Å². The number of halogens is 4. The first-order valence-corrected chi connectivity index (χ1v) is 7.66. The first-order valence-electron chi connectivity index (χ1n) is 7.28. The van der Waals surface area contributed by atoms with Gasteiger partial charge in [-0.25, -0.2) is 9.78 Å². The van der Waals surface area contributed by atoms with Gasteiger partial charge in [0.15, 0.2) is 0 Å². The number of nitrogens with zero attached hydrogens (tertiary/aromatic N) is 2. The van der Waals surface area contributed by atoms with Gasteiger partial charge in [-0.1, -0.05) is 11.6 Å². The molecule has 2 amide bonds. The molecular weight excluding hydrogens is 333 g/mol. The van der Waals surface area contributed by atoms with Gasteiger partial charge in [0.2, 0.25) is 0 Å². The van der Waals surface area contributed by atoms with Crippen LogP contribution in [0.15, 0.2) is 12.1 Å². The Balaban J connectivity index is 1.65. The number of nitrogens with one attached hydrogen (secondary N) is 2. The van der Waals surface area contributed by atoms with Crippen LogP contribution in [0.1, 0.15) is 24.1 Å². The molecule has 3 rings (SSSR count). The van der Waals surface area contributed by atoms with Crippen LogP contribution in [0.2, 0.25) is 5.15 Å². The highest BCUT2D eigenvalue weighted by Crippen LogP contribution is 2.30. The van der Waals surface area contributed by atoms with Gasteiger partial charge < -0.3 is 10.6 Å². The summed E-state index contributed by atoms with van der Waals surface area (Å²) in [5.74, 6) is 0. The molecule has 0 unspecified atom stereocenters. The van der Waals surface area contributed by atoms with E-state index in [1.807, 2.05) is 0 Å². The number of hydrogen-bond donors (Lipinski definition) is 2. The van der Waals surface area contributed by atoms with Crippen molar-refractivity contribution in [2.75, 3.05) is 19.6 Å². The SMILES string of the molecule is O=C1NCC2(CCN(Cc3cc(Cl)nc(C(F)(F)F)c3)CC2)N1. The Bertz CT molecular complexity index is 615. The summed E-state index contributed by atoms with van der Waals surface area (Å²) < 4.78 is 38.3. The number of pyridine rings is 1. The van der Waals surface area contributed by atoms with Crippen LogP contribution < -0.4 is 10.6 Å². The maximum atomic E-state index is 12.8. The third kappa shape index (κ3) is 3.69. The summed E-state index contributed by atoms with van der Waals surface area (Å²) in [6.07, 6.45) is -2.99. The molecule has 2 aliphatic rings. The van der Waals surface area contributed by atoms with E-state index in [-0.39, 0.29) is 16.7 Å². The summed E-state index contributed by atoms with van der Waals surface area (Å²) in [7, 11) is 0. The quantitative estimate of drug-likeness (QED) is 0.807. The molecule has 9 heteroatoms. The number of carbonyl (C=O) groups is 1. The van der Waals surface area contributed by atoms with E-state index in [9.17, 15) is 18.0 Å². The standard InChI is InChI=1S/C14H16ClF3N4O/c15-11-6-9(5-10(20-11)14(16,17)18)7-22-3-1-13(2-4-22)8-19-12(23)21-13/h5-6H,1-4,7-8H2,(H2,19,21,23). The highest BCUT2D eigenvalue weighted by molar-refractivity contribution is 6.29. The van der Waals surface area contributed by atoms with Gasteiger partial charge in [0.25, 0.3) is 0 Å². The van der Waals surface area contributed by atoms with E-state index in [1.54, 1.807) is 0 Å². The van der Waals surface area contributed by atoms with Gasteiger partial charge in [0.05, 0.1) is 5.54 Å². The Kier molecular flexibility index (Phi) is 4.14. The largest absolute Gasteiger partial charge is 0.433 e. The summed E-state index contributed by atoms with van der Waals surface area (Å²) in [5.41, 5.74) is -0.705. The highest BCUT2D eigenvalue weighted by Gasteiger charge is 2.40. The van der Waals surface area contributed by atoms with Crippen LogP contribution in [0.25, 0.3) is 0 Å². The van der Waals surface area contributed by atoms with Gasteiger partial charge in [0, 0.05) is 26.2 Å². The number of aromatic nitrogens is 1. The van der Waals surface area contributed by atoms with E-state index in [0.717, 1.165) is 18.9 Å². The first kappa shape index (κ1) is 16.3. The average Bonchev–Trinajstić information content (AvgIpc) is 2.81. The number of hydrogen-bond acceptors (Lipinski definition) is 3. The zero-order valence-corrected chi connectivity index (χ0v) is 13.0. The van der Waals surface area contributed by atoms with Crippen LogP contribution in [0, 0.1) is 0 Å². The van der Waals surface area contributed by atoms with Crippen LogP contribution in [0.5, 0.6) is 0 Å². The maximum absolute atomic E-state index is 12.8. The van der Waals surface area contributed by atoms with Gasteiger partial charge in [-0.2, -0.15) is 13.2 Å². The van der Waals surface area contributed by atoms with Crippen molar-refractivity contribution in [1.29, 1.82) is 0 Å². The molecule has 0 aromatic carbocycles. The molecule has 0 atom stereocenters. The zero-order chi connectivity index (χ0) is 16.7. The van der Waals surface area contributed by atoms with Gasteiger partial charge in [0.1, 0.15) is 10.8 Å². The molecule has 2 fully saturated rings. The Morgan fingerprint density at radius 1 is 1.30 bits per heavy atom. The fourth-order valence-corrected chi connectivity index (χ4v) is 3.30. The number of piperidine rings is 1. The van der Waals surface area contributed by atoms with E-state index in [0.29, 0.717) is 31.7 Å².